The van der Waals surface area contributed by atoms with Crippen molar-refractivity contribution in [2.24, 2.45) is 0 Å². The highest BCUT2D eigenvalue weighted by molar-refractivity contribution is 7.99. The van der Waals surface area contributed by atoms with Crippen molar-refractivity contribution in [3.8, 4) is 5.75 Å². The topological polar surface area (TPSA) is 27.1 Å². The minimum atomic E-state index is 0.457. The Morgan fingerprint density at radius 2 is 2.42 bits per heavy atom. The maximum absolute atomic E-state index is 6.08. The van der Waals surface area contributed by atoms with Gasteiger partial charge in [-0.25, -0.2) is 4.98 Å². The molecule has 0 bridgehead atoms. The fourth-order valence-corrected chi connectivity index (χ4v) is 3.99. The first-order valence-electron chi connectivity index (χ1n) is 6.52. The van der Waals surface area contributed by atoms with Crippen LogP contribution in [-0.4, -0.2) is 28.2 Å². The van der Waals surface area contributed by atoms with E-state index in [9.17, 15) is 0 Å². The maximum atomic E-state index is 6.08. The number of halogens is 1. The van der Waals surface area contributed by atoms with Crippen LogP contribution in [0.5, 0.6) is 5.75 Å². The quantitative estimate of drug-likeness (QED) is 0.805. The molecule has 1 atom stereocenters. The summed E-state index contributed by atoms with van der Waals surface area (Å²) in [4.78, 5) is 4.65. The second-order valence-electron chi connectivity index (χ2n) is 4.76. The Balaban J connectivity index is 2.12. The highest BCUT2D eigenvalue weighted by Gasteiger charge is 2.21. The third kappa shape index (κ3) is 2.43. The van der Waals surface area contributed by atoms with E-state index < -0.39 is 0 Å². The van der Waals surface area contributed by atoms with Crippen molar-refractivity contribution in [1.29, 1.82) is 0 Å². The zero-order valence-electron chi connectivity index (χ0n) is 10.9. The van der Waals surface area contributed by atoms with Crippen LogP contribution in [0.1, 0.15) is 24.7 Å². The molecule has 0 spiro atoms. The maximum Gasteiger partial charge on any atom is 0.125 e. The Kier molecular flexibility index (Phi) is 3.89. The van der Waals surface area contributed by atoms with Crippen molar-refractivity contribution in [3.05, 3.63) is 24.0 Å². The normalized spacial score (nSPS) is 19.8. The number of rotatable bonds is 3. The second kappa shape index (κ2) is 5.63. The molecule has 3 nitrogen and oxygen atoms in total. The fourth-order valence-electron chi connectivity index (χ4n) is 2.68. The lowest BCUT2D eigenvalue weighted by atomic mass is 10.1. The van der Waals surface area contributed by atoms with E-state index >= 15 is 0 Å². The smallest absolute Gasteiger partial charge is 0.125 e. The molecule has 1 unspecified atom stereocenters. The first-order chi connectivity index (χ1) is 9.33. The first-order valence-corrected chi connectivity index (χ1v) is 8.21. The standard InChI is InChI=1S/C14H17ClN2OS/c1-18-11-4-5-12-13(7-11)17(14(8-15)16-12)10-3-2-6-19-9-10/h4-5,7,10H,2-3,6,8-9H2,1H3. The van der Waals surface area contributed by atoms with Crippen molar-refractivity contribution in [1.82, 2.24) is 9.55 Å². The minimum Gasteiger partial charge on any atom is -0.497 e. The van der Waals surface area contributed by atoms with Gasteiger partial charge in [-0.2, -0.15) is 11.8 Å². The Bertz CT molecular complexity index is 578. The van der Waals surface area contributed by atoms with Gasteiger partial charge in [0.1, 0.15) is 11.6 Å². The van der Waals surface area contributed by atoms with E-state index in [4.69, 9.17) is 16.3 Å². The first kappa shape index (κ1) is 13.1. The fraction of sp³-hybridized carbons (Fsp3) is 0.500. The third-order valence-electron chi connectivity index (χ3n) is 3.59. The average Bonchev–Trinajstić information content (AvgIpc) is 2.85. The molecule has 2 aromatic rings. The Hall–Kier alpha value is -0.870. The van der Waals surface area contributed by atoms with Crippen LogP contribution in [0, 0.1) is 0 Å². The van der Waals surface area contributed by atoms with Crippen LogP contribution >= 0.6 is 23.4 Å². The summed E-state index contributed by atoms with van der Waals surface area (Å²) in [6, 6.07) is 6.53. The van der Waals surface area contributed by atoms with Gasteiger partial charge in [0.05, 0.1) is 24.0 Å². The predicted molar refractivity (Wildman–Crippen MR) is 81.4 cm³/mol. The lowest BCUT2D eigenvalue weighted by Gasteiger charge is -2.25. The SMILES string of the molecule is COc1ccc2nc(CCl)n(C3CCCSC3)c2c1. The molecule has 5 heteroatoms. The van der Waals surface area contributed by atoms with E-state index in [2.05, 4.69) is 15.6 Å². The predicted octanol–water partition coefficient (Wildman–Crippen LogP) is 3.85. The molecule has 102 valence electrons. The number of thioether (sulfide) groups is 1. The molecule has 1 aromatic carbocycles. The number of fused-ring (bicyclic) bond motifs is 1. The van der Waals surface area contributed by atoms with Crippen molar-refractivity contribution in [3.63, 3.8) is 0 Å². The average molecular weight is 297 g/mol. The Morgan fingerprint density at radius 3 is 3.11 bits per heavy atom. The van der Waals surface area contributed by atoms with Crippen LogP contribution in [0.2, 0.25) is 0 Å². The van der Waals surface area contributed by atoms with E-state index in [1.54, 1.807) is 7.11 Å². The van der Waals surface area contributed by atoms with Gasteiger partial charge in [-0.15, -0.1) is 11.6 Å². The highest BCUT2D eigenvalue weighted by Crippen LogP contribution is 2.33. The molecule has 1 aromatic heterocycles. The molecule has 0 saturated carbocycles. The lowest BCUT2D eigenvalue weighted by molar-refractivity contribution is 0.415. The van der Waals surface area contributed by atoms with Crippen molar-refractivity contribution in [2.45, 2.75) is 24.8 Å². The molecule has 1 aliphatic rings. The number of alkyl halides is 1. The van der Waals surface area contributed by atoms with Crippen LogP contribution in [0.25, 0.3) is 11.0 Å². The number of aromatic nitrogens is 2. The van der Waals surface area contributed by atoms with Crippen LogP contribution in [0.3, 0.4) is 0 Å². The van der Waals surface area contributed by atoms with Crippen molar-refractivity contribution >= 4 is 34.4 Å². The van der Waals surface area contributed by atoms with Gasteiger partial charge in [-0.3, -0.25) is 0 Å². The molecule has 0 aliphatic carbocycles. The van der Waals surface area contributed by atoms with Gasteiger partial charge in [0, 0.05) is 17.9 Å². The van der Waals surface area contributed by atoms with Crippen LogP contribution in [0.4, 0.5) is 0 Å². The number of ether oxygens (including phenoxy) is 1. The molecular weight excluding hydrogens is 280 g/mol. The van der Waals surface area contributed by atoms with E-state index in [1.165, 1.54) is 18.6 Å². The van der Waals surface area contributed by atoms with Gasteiger partial charge in [0.25, 0.3) is 0 Å². The number of methoxy groups -OCH3 is 1. The van der Waals surface area contributed by atoms with Gasteiger partial charge in [-0.05, 0) is 30.7 Å². The van der Waals surface area contributed by atoms with E-state index in [-0.39, 0.29) is 0 Å². The van der Waals surface area contributed by atoms with Crippen LogP contribution in [0.15, 0.2) is 18.2 Å². The van der Waals surface area contributed by atoms with Gasteiger partial charge >= 0.3 is 0 Å². The molecule has 3 rings (SSSR count). The molecular formula is C14H17ClN2OS. The summed E-state index contributed by atoms with van der Waals surface area (Å²) in [6.45, 7) is 0. The Morgan fingerprint density at radius 1 is 1.53 bits per heavy atom. The lowest BCUT2D eigenvalue weighted by Crippen LogP contribution is -2.18. The largest absolute Gasteiger partial charge is 0.497 e. The summed E-state index contributed by atoms with van der Waals surface area (Å²) < 4.78 is 7.64. The van der Waals surface area contributed by atoms with Crippen LogP contribution in [-0.2, 0) is 5.88 Å². The van der Waals surface area contributed by atoms with E-state index in [0.29, 0.717) is 11.9 Å². The molecule has 0 N–H and O–H groups in total. The number of nitrogens with zero attached hydrogens (tertiary/aromatic N) is 2. The molecule has 0 radical (unpaired) electrons. The summed E-state index contributed by atoms with van der Waals surface area (Å²) in [7, 11) is 1.70. The summed E-state index contributed by atoms with van der Waals surface area (Å²) in [5, 5.41) is 0. The highest BCUT2D eigenvalue weighted by atomic mass is 35.5. The molecule has 1 saturated heterocycles. The summed E-state index contributed by atoms with van der Waals surface area (Å²) in [5.41, 5.74) is 2.15. The van der Waals surface area contributed by atoms with Gasteiger partial charge < -0.3 is 9.30 Å². The summed E-state index contributed by atoms with van der Waals surface area (Å²) >= 11 is 8.09. The second-order valence-corrected chi connectivity index (χ2v) is 6.17. The molecule has 1 aliphatic heterocycles. The van der Waals surface area contributed by atoms with Crippen LogP contribution < -0.4 is 4.74 Å². The van der Waals surface area contributed by atoms with Gasteiger partial charge in [0.15, 0.2) is 0 Å². The Labute approximate surface area is 122 Å². The number of hydrogen-bond donors (Lipinski definition) is 0. The molecule has 19 heavy (non-hydrogen) atoms. The number of imidazole rings is 1. The van der Waals surface area contributed by atoms with E-state index in [1.807, 2.05) is 23.9 Å². The third-order valence-corrected chi connectivity index (χ3v) is 5.03. The van der Waals surface area contributed by atoms with Gasteiger partial charge in [-0.1, -0.05) is 0 Å². The van der Waals surface area contributed by atoms with Crippen molar-refractivity contribution < 1.29 is 4.74 Å². The number of hydrogen-bond acceptors (Lipinski definition) is 3. The molecule has 2 heterocycles. The zero-order valence-corrected chi connectivity index (χ0v) is 12.5. The molecule has 0 amide bonds. The summed E-state index contributed by atoms with van der Waals surface area (Å²) in [5.74, 6) is 4.71. The monoisotopic (exact) mass is 296 g/mol. The zero-order chi connectivity index (χ0) is 13.2. The molecule has 1 fully saturated rings. The minimum absolute atomic E-state index is 0.457. The van der Waals surface area contributed by atoms with Crippen molar-refractivity contribution in [2.75, 3.05) is 18.6 Å². The van der Waals surface area contributed by atoms with E-state index in [0.717, 1.165) is 28.4 Å². The number of benzene rings is 1. The van der Waals surface area contributed by atoms with Gasteiger partial charge in [0.2, 0.25) is 0 Å². The summed E-state index contributed by atoms with van der Waals surface area (Å²) in [6.07, 6.45) is 2.47.